The molecule has 0 aliphatic heterocycles. The standard InChI is InChI=1S/C12H20FNO4/c1-11(2,3)18-10(17)14-8(9(15)16)7-12(13)5-4-6-12/h8H,4-7H2,1-3H3,(H,14,17)(H,15,16). The van der Waals surface area contributed by atoms with Gasteiger partial charge in [0.05, 0.1) is 0 Å². The molecule has 1 unspecified atom stereocenters. The predicted octanol–water partition coefficient (Wildman–Crippen LogP) is 2.25. The third-order valence-corrected chi connectivity index (χ3v) is 2.81. The molecule has 6 heteroatoms. The molecule has 0 spiro atoms. The largest absolute Gasteiger partial charge is 0.480 e. The maximum atomic E-state index is 13.8. The molecular formula is C12H20FNO4. The van der Waals surface area contributed by atoms with E-state index in [2.05, 4.69) is 5.32 Å². The van der Waals surface area contributed by atoms with Crippen molar-refractivity contribution in [3.8, 4) is 0 Å². The average molecular weight is 261 g/mol. The maximum absolute atomic E-state index is 13.8. The molecule has 0 heterocycles. The highest BCUT2D eigenvalue weighted by atomic mass is 19.1. The number of carboxylic acid groups (broad SMARTS) is 1. The van der Waals surface area contributed by atoms with Crippen LogP contribution >= 0.6 is 0 Å². The molecule has 0 bridgehead atoms. The van der Waals surface area contributed by atoms with Crippen molar-refractivity contribution >= 4 is 12.1 Å². The summed E-state index contributed by atoms with van der Waals surface area (Å²) < 4.78 is 18.8. The summed E-state index contributed by atoms with van der Waals surface area (Å²) >= 11 is 0. The molecule has 1 rings (SSSR count). The van der Waals surface area contributed by atoms with Gasteiger partial charge < -0.3 is 15.2 Å². The zero-order valence-electron chi connectivity index (χ0n) is 11.0. The van der Waals surface area contributed by atoms with Crippen molar-refractivity contribution in [2.24, 2.45) is 0 Å². The number of carbonyl (C=O) groups is 2. The van der Waals surface area contributed by atoms with Crippen molar-refractivity contribution in [3.63, 3.8) is 0 Å². The summed E-state index contributed by atoms with van der Waals surface area (Å²) in [4.78, 5) is 22.4. The van der Waals surface area contributed by atoms with Crippen molar-refractivity contribution in [1.82, 2.24) is 5.32 Å². The Morgan fingerprint density at radius 2 is 2.00 bits per heavy atom. The minimum absolute atomic E-state index is 0.207. The van der Waals surface area contributed by atoms with Gasteiger partial charge in [0.1, 0.15) is 17.3 Å². The number of hydrogen-bond donors (Lipinski definition) is 2. The van der Waals surface area contributed by atoms with Crippen LogP contribution in [-0.2, 0) is 9.53 Å². The quantitative estimate of drug-likeness (QED) is 0.813. The number of halogens is 1. The van der Waals surface area contributed by atoms with E-state index < -0.39 is 29.4 Å². The summed E-state index contributed by atoms with van der Waals surface area (Å²) in [5.74, 6) is -1.25. The molecular weight excluding hydrogens is 241 g/mol. The molecule has 1 atom stereocenters. The Labute approximate surface area is 106 Å². The lowest BCUT2D eigenvalue weighted by atomic mass is 9.77. The molecule has 1 aliphatic rings. The van der Waals surface area contributed by atoms with Crippen LogP contribution in [0.4, 0.5) is 9.18 Å². The molecule has 0 radical (unpaired) electrons. The summed E-state index contributed by atoms with van der Waals surface area (Å²) in [6.45, 7) is 5.01. The fourth-order valence-corrected chi connectivity index (χ4v) is 1.78. The second kappa shape index (κ2) is 5.12. The van der Waals surface area contributed by atoms with E-state index in [1.807, 2.05) is 0 Å². The smallest absolute Gasteiger partial charge is 0.408 e. The molecule has 1 fully saturated rings. The number of alkyl carbamates (subject to hydrolysis) is 1. The number of hydrogen-bond acceptors (Lipinski definition) is 3. The molecule has 0 aromatic heterocycles. The molecule has 104 valence electrons. The summed E-state index contributed by atoms with van der Waals surface area (Å²) in [5.41, 5.74) is -2.17. The first-order valence-electron chi connectivity index (χ1n) is 6.03. The lowest BCUT2D eigenvalue weighted by molar-refractivity contribution is -0.141. The van der Waals surface area contributed by atoms with Gasteiger partial charge in [0, 0.05) is 6.42 Å². The topological polar surface area (TPSA) is 75.6 Å². The molecule has 18 heavy (non-hydrogen) atoms. The molecule has 5 nitrogen and oxygen atoms in total. The van der Waals surface area contributed by atoms with E-state index >= 15 is 0 Å². The number of carbonyl (C=O) groups excluding carboxylic acids is 1. The third kappa shape index (κ3) is 4.50. The Morgan fingerprint density at radius 1 is 1.44 bits per heavy atom. The van der Waals surface area contributed by atoms with Crippen LogP contribution < -0.4 is 5.32 Å². The van der Waals surface area contributed by atoms with Crippen molar-refractivity contribution in [2.45, 2.75) is 63.8 Å². The SMILES string of the molecule is CC(C)(C)OC(=O)NC(CC1(F)CCC1)C(=O)O. The van der Waals surface area contributed by atoms with E-state index in [4.69, 9.17) is 9.84 Å². The van der Waals surface area contributed by atoms with Crippen molar-refractivity contribution in [1.29, 1.82) is 0 Å². The van der Waals surface area contributed by atoms with Gasteiger partial charge in [-0.05, 0) is 40.0 Å². The lowest BCUT2D eigenvalue weighted by Gasteiger charge is -2.35. The molecule has 0 aromatic carbocycles. The van der Waals surface area contributed by atoms with Gasteiger partial charge in [0.2, 0.25) is 0 Å². The number of alkyl halides is 1. The second-order valence-electron chi connectivity index (χ2n) is 5.75. The van der Waals surface area contributed by atoms with E-state index in [0.717, 1.165) is 6.42 Å². The Hall–Kier alpha value is -1.33. The first-order valence-corrected chi connectivity index (χ1v) is 6.03. The molecule has 0 aromatic rings. The van der Waals surface area contributed by atoms with Crippen LogP contribution in [0.3, 0.4) is 0 Å². The second-order valence-corrected chi connectivity index (χ2v) is 5.75. The average Bonchev–Trinajstić information content (AvgIpc) is 2.10. The number of nitrogens with one attached hydrogen (secondary N) is 1. The van der Waals surface area contributed by atoms with Crippen LogP contribution in [0.5, 0.6) is 0 Å². The summed E-state index contributed by atoms with van der Waals surface area (Å²) in [6.07, 6.45) is 0.425. The monoisotopic (exact) mass is 261 g/mol. The van der Waals surface area contributed by atoms with Gasteiger partial charge in [-0.15, -0.1) is 0 Å². The van der Waals surface area contributed by atoms with Crippen molar-refractivity contribution < 1.29 is 23.8 Å². The van der Waals surface area contributed by atoms with Crippen LogP contribution in [0, 0.1) is 0 Å². The Balaban J connectivity index is 2.53. The summed E-state index contributed by atoms with van der Waals surface area (Å²) in [7, 11) is 0. The molecule has 1 aliphatic carbocycles. The van der Waals surface area contributed by atoms with Gasteiger partial charge in [-0.2, -0.15) is 0 Å². The Kier molecular flexibility index (Phi) is 4.19. The third-order valence-electron chi connectivity index (χ3n) is 2.81. The Morgan fingerprint density at radius 3 is 2.33 bits per heavy atom. The maximum Gasteiger partial charge on any atom is 0.408 e. The van der Waals surface area contributed by atoms with Gasteiger partial charge in [0.15, 0.2) is 0 Å². The van der Waals surface area contributed by atoms with Crippen LogP contribution in [0.2, 0.25) is 0 Å². The normalized spacial score (nSPS) is 19.6. The molecule has 0 saturated heterocycles. The number of carboxylic acids is 1. The first kappa shape index (κ1) is 14.7. The van der Waals surface area contributed by atoms with E-state index in [0.29, 0.717) is 12.8 Å². The van der Waals surface area contributed by atoms with Crippen molar-refractivity contribution in [3.05, 3.63) is 0 Å². The number of aliphatic carboxylic acids is 1. The highest BCUT2D eigenvalue weighted by Crippen LogP contribution is 2.39. The molecule has 2 N–H and O–H groups in total. The zero-order valence-corrected chi connectivity index (χ0v) is 11.0. The number of ether oxygens (including phenoxy) is 1. The van der Waals surface area contributed by atoms with Crippen molar-refractivity contribution in [2.75, 3.05) is 0 Å². The first-order chi connectivity index (χ1) is 8.11. The van der Waals surface area contributed by atoms with Crippen LogP contribution in [0.15, 0.2) is 0 Å². The van der Waals surface area contributed by atoms with Crippen LogP contribution in [0.1, 0.15) is 46.5 Å². The fraction of sp³-hybridized carbons (Fsp3) is 0.833. The minimum Gasteiger partial charge on any atom is -0.480 e. The van der Waals surface area contributed by atoms with E-state index in [-0.39, 0.29) is 6.42 Å². The van der Waals surface area contributed by atoms with E-state index in [9.17, 15) is 14.0 Å². The molecule has 1 saturated carbocycles. The Bertz CT molecular complexity index is 333. The van der Waals surface area contributed by atoms with Gasteiger partial charge >= 0.3 is 12.1 Å². The number of amides is 1. The van der Waals surface area contributed by atoms with E-state index in [1.165, 1.54) is 0 Å². The van der Waals surface area contributed by atoms with Crippen LogP contribution in [0.25, 0.3) is 0 Å². The van der Waals surface area contributed by atoms with Gasteiger partial charge in [-0.3, -0.25) is 0 Å². The highest BCUT2D eigenvalue weighted by molar-refractivity contribution is 5.80. The van der Waals surface area contributed by atoms with Crippen LogP contribution in [-0.4, -0.2) is 34.5 Å². The zero-order chi connectivity index (χ0) is 14.0. The molecule has 1 amide bonds. The van der Waals surface area contributed by atoms with Gasteiger partial charge in [0.25, 0.3) is 0 Å². The van der Waals surface area contributed by atoms with Gasteiger partial charge in [-0.1, -0.05) is 0 Å². The summed E-state index contributed by atoms with van der Waals surface area (Å²) in [6, 6.07) is -1.25. The predicted molar refractivity (Wildman–Crippen MR) is 63.1 cm³/mol. The summed E-state index contributed by atoms with van der Waals surface area (Å²) in [5, 5.41) is 11.2. The van der Waals surface area contributed by atoms with E-state index in [1.54, 1.807) is 20.8 Å². The highest BCUT2D eigenvalue weighted by Gasteiger charge is 2.41. The fourth-order valence-electron chi connectivity index (χ4n) is 1.78. The number of rotatable bonds is 4. The lowest BCUT2D eigenvalue weighted by Crippen LogP contribution is -2.48. The van der Waals surface area contributed by atoms with Gasteiger partial charge in [-0.25, -0.2) is 14.0 Å². The minimum atomic E-state index is -1.46.